The van der Waals surface area contributed by atoms with Crippen molar-refractivity contribution in [1.82, 2.24) is 29.7 Å². The molecular weight excluding hydrogens is 454 g/mol. The van der Waals surface area contributed by atoms with Crippen molar-refractivity contribution in [2.75, 3.05) is 37.6 Å². The average Bonchev–Trinajstić information content (AvgIpc) is 3.48. The molecule has 1 unspecified atom stereocenters. The topological polar surface area (TPSA) is 92.3 Å². The predicted molar refractivity (Wildman–Crippen MR) is 140 cm³/mol. The Hall–Kier alpha value is -2.94. The summed E-state index contributed by atoms with van der Waals surface area (Å²) in [6.07, 6.45) is 12.1. The quantitative estimate of drug-likeness (QED) is 0.459. The highest BCUT2D eigenvalue weighted by Crippen LogP contribution is 2.29. The second kappa shape index (κ2) is 11.9. The number of nitrogens with zero attached hydrogens (tertiary/aromatic N) is 6. The van der Waals surface area contributed by atoms with Gasteiger partial charge in [0.25, 0.3) is 0 Å². The Bertz CT molecular complexity index is 1130. The number of fused-ring (bicyclic) bond motifs is 3. The molecule has 1 fully saturated rings. The van der Waals surface area contributed by atoms with E-state index >= 15 is 0 Å². The molecule has 5 rings (SSSR count). The average molecular weight is 494 g/mol. The van der Waals surface area contributed by atoms with Crippen LogP contribution in [0.25, 0.3) is 11.2 Å². The van der Waals surface area contributed by atoms with Gasteiger partial charge in [0.05, 0.1) is 18.7 Å². The number of piperidine rings is 1. The molecule has 0 radical (unpaired) electrons. The van der Waals surface area contributed by atoms with Gasteiger partial charge in [-0.15, -0.1) is 0 Å². The zero-order chi connectivity index (χ0) is 24.7. The van der Waals surface area contributed by atoms with E-state index in [-0.39, 0.29) is 11.8 Å². The Morgan fingerprint density at radius 1 is 1.19 bits per heavy atom. The van der Waals surface area contributed by atoms with Gasteiger partial charge in [-0.1, -0.05) is 19.8 Å². The van der Waals surface area contributed by atoms with E-state index in [1.807, 2.05) is 12.1 Å². The third-order valence-electron chi connectivity index (χ3n) is 7.48. The summed E-state index contributed by atoms with van der Waals surface area (Å²) in [4.78, 5) is 31.9. The standard InChI is InChI=1S/C27H39N7O2/c1-2-3-13-32(19-22-10-8-17-36-22)16-12-28-27(35)21-9-7-14-33(18-21)25-24-26(30-20-29-25)34-15-6-4-5-11-23(34)31-24/h8,10,17,20-21H,2-7,9,11-16,18-19H2,1H3,(H,28,35). The van der Waals surface area contributed by atoms with E-state index in [1.54, 1.807) is 12.6 Å². The fourth-order valence-electron chi connectivity index (χ4n) is 5.50. The smallest absolute Gasteiger partial charge is 0.224 e. The first-order valence-corrected chi connectivity index (χ1v) is 13.7. The van der Waals surface area contributed by atoms with Gasteiger partial charge in [-0.2, -0.15) is 0 Å². The Morgan fingerprint density at radius 2 is 2.14 bits per heavy atom. The number of furan rings is 1. The Morgan fingerprint density at radius 3 is 3.00 bits per heavy atom. The lowest BCUT2D eigenvalue weighted by Gasteiger charge is -2.33. The minimum Gasteiger partial charge on any atom is -0.468 e. The lowest BCUT2D eigenvalue weighted by atomic mass is 9.97. The molecule has 1 N–H and O–H groups in total. The van der Waals surface area contributed by atoms with Crippen molar-refractivity contribution in [3.63, 3.8) is 0 Å². The van der Waals surface area contributed by atoms with E-state index in [0.717, 1.165) is 93.4 Å². The second-order valence-electron chi connectivity index (χ2n) is 10.1. The molecular formula is C27H39N7O2. The second-order valence-corrected chi connectivity index (χ2v) is 10.1. The predicted octanol–water partition coefficient (Wildman–Crippen LogP) is 3.78. The van der Waals surface area contributed by atoms with Gasteiger partial charge in [-0.3, -0.25) is 9.69 Å². The maximum absolute atomic E-state index is 13.1. The zero-order valence-electron chi connectivity index (χ0n) is 21.5. The number of carbonyl (C=O) groups excluding carboxylic acids is 1. The van der Waals surface area contributed by atoms with Gasteiger partial charge in [0.1, 0.15) is 17.9 Å². The monoisotopic (exact) mass is 493 g/mol. The fraction of sp³-hybridized carbons (Fsp3) is 0.630. The van der Waals surface area contributed by atoms with Crippen LogP contribution in [0.3, 0.4) is 0 Å². The highest BCUT2D eigenvalue weighted by molar-refractivity contribution is 5.85. The number of hydrogen-bond acceptors (Lipinski definition) is 7. The summed E-state index contributed by atoms with van der Waals surface area (Å²) >= 11 is 0. The Balaban J connectivity index is 1.20. The first kappa shape index (κ1) is 24.7. The number of imidazole rings is 1. The van der Waals surface area contributed by atoms with E-state index in [9.17, 15) is 4.79 Å². The van der Waals surface area contributed by atoms with Crippen LogP contribution < -0.4 is 10.2 Å². The van der Waals surface area contributed by atoms with Gasteiger partial charge in [0, 0.05) is 39.1 Å². The van der Waals surface area contributed by atoms with E-state index in [0.29, 0.717) is 13.1 Å². The molecule has 1 atom stereocenters. The zero-order valence-corrected chi connectivity index (χ0v) is 21.5. The van der Waals surface area contributed by atoms with Crippen LogP contribution in [0.1, 0.15) is 63.5 Å². The van der Waals surface area contributed by atoms with E-state index in [1.165, 1.54) is 19.3 Å². The minimum atomic E-state index is -0.0432. The van der Waals surface area contributed by atoms with Crippen LogP contribution in [0.2, 0.25) is 0 Å². The molecule has 9 heteroatoms. The molecule has 2 aliphatic heterocycles. The number of amides is 1. The van der Waals surface area contributed by atoms with Gasteiger partial charge in [-0.05, 0) is 50.8 Å². The molecule has 0 bridgehead atoms. The van der Waals surface area contributed by atoms with Crippen LogP contribution in [-0.2, 0) is 24.3 Å². The molecule has 0 aromatic carbocycles. The van der Waals surface area contributed by atoms with Crippen molar-refractivity contribution in [3.05, 3.63) is 36.3 Å². The molecule has 3 aromatic heterocycles. The molecule has 9 nitrogen and oxygen atoms in total. The van der Waals surface area contributed by atoms with Gasteiger partial charge < -0.3 is 19.2 Å². The number of rotatable bonds is 10. The summed E-state index contributed by atoms with van der Waals surface area (Å²) in [5, 5.41) is 3.20. The molecule has 1 amide bonds. The molecule has 3 aromatic rings. The third-order valence-corrected chi connectivity index (χ3v) is 7.48. The summed E-state index contributed by atoms with van der Waals surface area (Å²) in [6, 6.07) is 3.94. The Labute approximate surface area is 213 Å². The van der Waals surface area contributed by atoms with Crippen molar-refractivity contribution in [2.45, 2.75) is 71.4 Å². The van der Waals surface area contributed by atoms with E-state index in [2.05, 4.69) is 36.6 Å². The lowest BCUT2D eigenvalue weighted by molar-refractivity contribution is -0.125. The fourth-order valence-corrected chi connectivity index (χ4v) is 5.50. The van der Waals surface area contributed by atoms with Crippen molar-refractivity contribution < 1.29 is 9.21 Å². The number of anilines is 1. The number of aryl methyl sites for hydroxylation is 2. The number of hydrogen-bond donors (Lipinski definition) is 1. The molecule has 36 heavy (non-hydrogen) atoms. The molecule has 2 aliphatic rings. The SMILES string of the molecule is CCCCN(CCNC(=O)C1CCCN(c2ncnc3c2nc2n3CCCCC2)C1)Cc1ccco1. The number of unbranched alkanes of at least 4 members (excludes halogenated alkanes) is 1. The van der Waals surface area contributed by atoms with Gasteiger partial charge in [0.2, 0.25) is 5.91 Å². The summed E-state index contributed by atoms with van der Waals surface area (Å²) in [6.45, 7) is 7.98. The highest BCUT2D eigenvalue weighted by atomic mass is 16.3. The summed E-state index contributed by atoms with van der Waals surface area (Å²) in [7, 11) is 0. The van der Waals surface area contributed by atoms with Crippen LogP contribution in [0, 0.1) is 5.92 Å². The van der Waals surface area contributed by atoms with Crippen molar-refractivity contribution in [3.8, 4) is 0 Å². The van der Waals surface area contributed by atoms with Crippen molar-refractivity contribution in [1.29, 1.82) is 0 Å². The molecule has 5 heterocycles. The number of aromatic nitrogens is 4. The van der Waals surface area contributed by atoms with Crippen molar-refractivity contribution >= 4 is 22.9 Å². The maximum atomic E-state index is 13.1. The van der Waals surface area contributed by atoms with Crippen LogP contribution in [0.15, 0.2) is 29.1 Å². The van der Waals surface area contributed by atoms with Crippen LogP contribution in [0.5, 0.6) is 0 Å². The van der Waals surface area contributed by atoms with Gasteiger partial charge in [-0.25, -0.2) is 15.0 Å². The van der Waals surface area contributed by atoms with E-state index in [4.69, 9.17) is 9.40 Å². The number of nitrogens with one attached hydrogen (secondary N) is 1. The van der Waals surface area contributed by atoms with Crippen LogP contribution >= 0.6 is 0 Å². The normalized spacial score (nSPS) is 18.4. The minimum absolute atomic E-state index is 0.0432. The Kier molecular flexibility index (Phi) is 8.15. The highest BCUT2D eigenvalue weighted by Gasteiger charge is 2.29. The molecule has 1 saturated heterocycles. The third kappa shape index (κ3) is 5.72. The maximum Gasteiger partial charge on any atom is 0.224 e. The summed E-state index contributed by atoms with van der Waals surface area (Å²) in [5.74, 6) is 3.06. The van der Waals surface area contributed by atoms with Crippen molar-refractivity contribution in [2.24, 2.45) is 5.92 Å². The molecule has 0 spiro atoms. The molecule has 0 saturated carbocycles. The van der Waals surface area contributed by atoms with Crippen LogP contribution in [-0.4, -0.2) is 63.0 Å². The van der Waals surface area contributed by atoms with Gasteiger partial charge >= 0.3 is 0 Å². The molecule has 194 valence electrons. The van der Waals surface area contributed by atoms with E-state index < -0.39 is 0 Å². The first-order valence-electron chi connectivity index (χ1n) is 13.7. The molecule has 0 aliphatic carbocycles. The largest absolute Gasteiger partial charge is 0.468 e. The summed E-state index contributed by atoms with van der Waals surface area (Å²) < 4.78 is 7.80. The van der Waals surface area contributed by atoms with Gasteiger partial charge in [0.15, 0.2) is 17.0 Å². The lowest BCUT2D eigenvalue weighted by Crippen LogP contribution is -2.45. The first-order chi connectivity index (χ1) is 17.7. The summed E-state index contributed by atoms with van der Waals surface area (Å²) in [5.41, 5.74) is 1.83. The number of carbonyl (C=O) groups is 1. The van der Waals surface area contributed by atoms with Crippen LogP contribution in [0.4, 0.5) is 5.82 Å².